The van der Waals surface area contributed by atoms with E-state index in [0.717, 1.165) is 7.25 Å². The third-order valence-corrected chi connectivity index (χ3v) is 14.0. The van der Waals surface area contributed by atoms with E-state index in [9.17, 15) is 0 Å². The van der Waals surface area contributed by atoms with Gasteiger partial charge in [-0.1, -0.05) is 0 Å². The van der Waals surface area contributed by atoms with E-state index in [4.69, 9.17) is 0 Å². The third kappa shape index (κ3) is 2.85. The molecule has 126 valence electrons. The molecule has 2 aromatic rings. The monoisotopic (exact) mass is 430 g/mol. The maximum atomic E-state index is 2.57. The molecule has 0 nitrogen and oxygen atoms in total. The van der Waals surface area contributed by atoms with Crippen LogP contribution >= 0.6 is 7.92 Å². The SMILES string of the molecule is CCCP1C2=Cc3ccccc3[CH]2[Zr+2][CH]2C1=Cc1ccccc12.[F-].[F-]. The molecule has 0 bridgehead atoms. The first kappa shape index (κ1) is 18.9. The second kappa shape index (κ2) is 7.38. The largest absolute Gasteiger partial charge is 1.00 e. The maximum absolute atomic E-state index is 2.57. The molecule has 0 radical (unpaired) electrons. The van der Waals surface area contributed by atoms with Gasteiger partial charge in [-0.15, -0.1) is 0 Å². The first-order chi connectivity index (χ1) is 11.4. The van der Waals surface area contributed by atoms with E-state index in [1.54, 1.807) is 11.1 Å². The summed E-state index contributed by atoms with van der Waals surface area (Å²) in [6, 6.07) is 18.4. The molecule has 0 saturated carbocycles. The molecule has 2 atom stereocenters. The summed E-state index contributed by atoms with van der Waals surface area (Å²) in [6.07, 6.45) is 7.82. The molecular formula is C21H19F2PZr. The fourth-order valence-corrected chi connectivity index (χ4v) is 14.4. The molecule has 3 aliphatic rings. The van der Waals surface area contributed by atoms with Crippen molar-refractivity contribution in [3.63, 3.8) is 0 Å². The van der Waals surface area contributed by atoms with E-state index in [1.165, 1.54) is 23.7 Å². The molecular weight excluding hydrogens is 412 g/mol. The van der Waals surface area contributed by atoms with E-state index in [2.05, 4.69) is 67.6 Å². The fourth-order valence-electron chi connectivity index (χ4n) is 4.23. The summed E-state index contributed by atoms with van der Waals surface area (Å²) in [5.41, 5.74) is 6.35. The van der Waals surface area contributed by atoms with Crippen LogP contribution in [0.5, 0.6) is 0 Å². The van der Waals surface area contributed by atoms with Gasteiger partial charge in [0.25, 0.3) is 0 Å². The minimum atomic E-state index is -0.554. The van der Waals surface area contributed by atoms with Gasteiger partial charge >= 0.3 is 151 Å². The van der Waals surface area contributed by atoms with Crippen LogP contribution in [0.15, 0.2) is 59.2 Å². The van der Waals surface area contributed by atoms with Crippen molar-refractivity contribution in [3.05, 3.63) is 81.4 Å². The molecule has 25 heavy (non-hydrogen) atoms. The molecule has 4 heteroatoms. The summed E-state index contributed by atoms with van der Waals surface area (Å²) in [6.45, 7) is 2.35. The first-order valence-electron chi connectivity index (χ1n) is 8.51. The number of rotatable bonds is 2. The second-order valence-electron chi connectivity index (χ2n) is 6.58. The Kier molecular flexibility index (Phi) is 5.57. The zero-order chi connectivity index (χ0) is 15.4. The van der Waals surface area contributed by atoms with Crippen molar-refractivity contribution in [3.8, 4) is 0 Å². The van der Waals surface area contributed by atoms with Crippen LogP contribution in [0.3, 0.4) is 0 Å². The van der Waals surface area contributed by atoms with Gasteiger partial charge in [0.15, 0.2) is 0 Å². The second-order valence-corrected chi connectivity index (χ2v) is 12.6. The van der Waals surface area contributed by atoms with Crippen molar-refractivity contribution in [2.45, 2.75) is 20.6 Å². The summed E-state index contributed by atoms with van der Waals surface area (Å²) in [5, 5.41) is 3.65. The van der Waals surface area contributed by atoms with Gasteiger partial charge in [-0.3, -0.25) is 0 Å². The molecule has 0 spiro atoms. The molecule has 2 unspecified atom stereocenters. The summed E-state index contributed by atoms with van der Waals surface area (Å²) in [4.78, 5) is 0. The standard InChI is InChI=1S/C21H19P.2FH.Zr/c1-2-11-22(20-12-16-7-3-4-8-17(16)13-20)21-14-18-9-5-6-10-19(18)15-21;;;/h3-10,12-15H,2,11H2,1H3;2*1H;/q;;;+2/p-2. The van der Waals surface area contributed by atoms with E-state index in [0.29, 0.717) is 0 Å². The molecule has 2 aliphatic carbocycles. The van der Waals surface area contributed by atoms with Gasteiger partial charge in [0.05, 0.1) is 0 Å². The van der Waals surface area contributed by atoms with Gasteiger partial charge in [0, 0.05) is 0 Å². The van der Waals surface area contributed by atoms with Crippen LogP contribution in [-0.2, 0) is 23.2 Å². The summed E-state index contributed by atoms with van der Waals surface area (Å²) >= 11 is -0.554. The zero-order valence-electron chi connectivity index (χ0n) is 14.0. The Hall–Kier alpha value is -0.907. The van der Waals surface area contributed by atoms with Crippen LogP contribution in [0.1, 0.15) is 42.8 Å². The van der Waals surface area contributed by atoms with Crippen LogP contribution < -0.4 is 9.41 Å². The average molecular weight is 432 g/mol. The Morgan fingerprint density at radius 3 is 1.76 bits per heavy atom. The minimum absolute atomic E-state index is 0. The van der Waals surface area contributed by atoms with E-state index >= 15 is 0 Å². The van der Waals surface area contributed by atoms with E-state index in [1.807, 2.05) is 10.6 Å². The van der Waals surface area contributed by atoms with Crippen molar-refractivity contribution in [2.24, 2.45) is 0 Å². The Morgan fingerprint density at radius 1 is 0.800 bits per heavy atom. The first-order valence-corrected chi connectivity index (χ1v) is 12.9. The number of halogens is 2. The van der Waals surface area contributed by atoms with Gasteiger partial charge in [-0.05, 0) is 0 Å². The molecule has 2 aromatic carbocycles. The van der Waals surface area contributed by atoms with Crippen molar-refractivity contribution >= 4 is 20.1 Å². The van der Waals surface area contributed by atoms with Crippen LogP contribution in [-0.4, -0.2) is 6.16 Å². The zero-order valence-corrected chi connectivity index (χ0v) is 17.4. The fraction of sp³-hybridized carbons (Fsp3) is 0.238. The topological polar surface area (TPSA) is 0 Å². The summed E-state index contributed by atoms with van der Waals surface area (Å²) in [7, 11) is -0.0806. The predicted molar refractivity (Wildman–Crippen MR) is 96.4 cm³/mol. The van der Waals surface area contributed by atoms with Gasteiger partial charge in [-0.2, -0.15) is 0 Å². The molecule has 0 N–H and O–H groups in total. The predicted octanol–water partition coefficient (Wildman–Crippen LogP) is 0.174. The smallest absolute Gasteiger partial charge is 1.00 e. The van der Waals surface area contributed by atoms with Crippen molar-refractivity contribution < 1.29 is 32.6 Å². The summed E-state index contributed by atoms with van der Waals surface area (Å²) < 4.78 is 1.67. The van der Waals surface area contributed by atoms with Crippen LogP contribution in [0.2, 0.25) is 0 Å². The van der Waals surface area contributed by atoms with Crippen LogP contribution in [0.25, 0.3) is 12.2 Å². The number of allylic oxidation sites excluding steroid dienone is 2. The van der Waals surface area contributed by atoms with Gasteiger partial charge in [0.1, 0.15) is 0 Å². The Bertz CT molecular complexity index is 791. The number of hydrogen-bond donors (Lipinski definition) is 0. The minimum Gasteiger partial charge on any atom is -1.00 e. The van der Waals surface area contributed by atoms with E-state index < -0.39 is 23.2 Å². The molecule has 0 amide bonds. The molecule has 1 saturated heterocycles. The van der Waals surface area contributed by atoms with Crippen molar-refractivity contribution in [1.29, 1.82) is 0 Å². The molecule has 0 aromatic heterocycles. The van der Waals surface area contributed by atoms with Crippen LogP contribution in [0.4, 0.5) is 0 Å². The normalized spacial score (nSPS) is 24.0. The van der Waals surface area contributed by atoms with Gasteiger partial charge < -0.3 is 9.41 Å². The molecule has 1 fully saturated rings. The van der Waals surface area contributed by atoms with Crippen LogP contribution in [0, 0.1) is 0 Å². The van der Waals surface area contributed by atoms with Crippen molar-refractivity contribution in [2.75, 3.05) is 6.16 Å². The summed E-state index contributed by atoms with van der Waals surface area (Å²) in [5.74, 6) is 0. The third-order valence-electron chi connectivity index (χ3n) is 5.22. The number of fused-ring (bicyclic) bond motifs is 6. The Labute approximate surface area is 160 Å². The van der Waals surface area contributed by atoms with E-state index in [-0.39, 0.29) is 17.3 Å². The molecule has 5 rings (SSSR count). The van der Waals surface area contributed by atoms with Gasteiger partial charge in [-0.25, -0.2) is 0 Å². The van der Waals surface area contributed by atoms with Crippen molar-refractivity contribution in [1.82, 2.24) is 0 Å². The average Bonchev–Trinajstić information content (AvgIpc) is 3.14. The van der Waals surface area contributed by atoms with Gasteiger partial charge in [0.2, 0.25) is 0 Å². The number of hydrogen-bond acceptors (Lipinski definition) is 0. The molecule has 1 heterocycles. The Balaban J connectivity index is 0.000000911. The number of benzene rings is 2. The Morgan fingerprint density at radius 2 is 1.28 bits per heavy atom. The molecule has 1 aliphatic heterocycles. The maximum Gasteiger partial charge on any atom is -1.00 e. The quantitative estimate of drug-likeness (QED) is 0.595.